The van der Waals surface area contributed by atoms with Crippen molar-refractivity contribution >= 4 is 51.1 Å². The van der Waals surface area contributed by atoms with Crippen molar-refractivity contribution in [3.8, 4) is 0 Å². The van der Waals surface area contributed by atoms with Gasteiger partial charge < -0.3 is 10.6 Å². The average Bonchev–Trinajstić information content (AvgIpc) is 2.90. The molecule has 0 saturated carbocycles. The quantitative estimate of drug-likeness (QED) is 0.367. The van der Waals surface area contributed by atoms with E-state index in [9.17, 15) is 8.42 Å². The van der Waals surface area contributed by atoms with Gasteiger partial charge >= 0.3 is 0 Å². The van der Waals surface area contributed by atoms with Gasteiger partial charge in [0.25, 0.3) is 0 Å². The average molecular weight is 473 g/mol. The first-order valence-electron chi connectivity index (χ1n) is 7.27. The highest BCUT2D eigenvalue weighted by Crippen LogP contribution is 2.10. The number of halogens is 1. The molecular weight excluding hydrogens is 449 g/mol. The Balaban J connectivity index is 0.00000264. The molecule has 0 amide bonds. The van der Waals surface area contributed by atoms with Crippen LogP contribution in [0.2, 0.25) is 0 Å². The molecule has 1 saturated heterocycles. The highest BCUT2D eigenvalue weighted by molar-refractivity contribution is 14.0. The lowest BCUT2D eigenvalue weighted by atomic mass is 10.4. The Bertz CT molecular complexity index is 604. The number of thiazole rings is 1. The lowest BCUT2D eigenvalue weighted by Gasteiger charge is -2.26. The highest BCUT2D eigenvalue weighted by atomic mass is 127. The van der Waals surface area contributed by atoms with E-state index in [0.717, 1.165) is 24.1 Å². The van der Waals surface area contributed by atoms with Gasteiger partial charge in [-0.3, -0.25) is 9.89 Å². The van der Waals surface area contributed by atoms with Crippen molar-refractivity contribution in [2.24, 2.45) is 4.99 Å². The summed E-state index contributed by atoms with van der Waals surface area (Å²) in [7, 11) is -1.07. The van der Waals surface area contributed by atoms with Crippen LogP contribution < -0.4 is 10.6 Å². The van der Waals surface area contributed by atoms with E-state index >= 15 is 0 Å². The number of aromatic nitrogens is 1. The molecule has 1 aliphatic heterocycles. The molecule has 132 valence electrons. The summed E-state index contributed by atoms with van der Waals surface area (Å²) in [5, 5.41) is 7.49. The fourth-order valence-electron chi connectivity index (χ4n) is 2.17. The van der Waals surface area contributed by atoms with Crippen LogP contribution in [0.1, 0.15) is 9.88 Å². The van der Waals surface area contributed by atoms with Crippen LogP contribution in [-0.4, -0.2) is 69.0 Å². The molecule has 1 aromatic heterocycles. The molecule has 1 fully saturated rings. The molecular formula is C13H24IN5O2S2. The van der Waals surface area contributed by atoms with Crippen LogP contribution >= 0.6 is 35.3 Å². The number of guanidine groups is 1. The fourth-order valence-corrected chi connectivity index (χ4v) is 4.17. The standard InChI is InChI=1S/C13H23N5O2S2.HI/c1-11-9-16-12(21-11)10-17-13(14-2)15-3-4-18-5-7-22(19,20)8-6-18;/h9H,3-8,10H2,1-2H3,(H2,14,15,17);1H. The minimum absolute atomic E-state index is 0. The predicted octanol–water partition coefficient (Wildman–Crippen LogP) is 0.465. The van der Waals surface area contributed by atoms with Crippen molar-refractivity contribution in [3.05, 3.63) is 16.1 Å². The van der Waals surface area contributed by atoms with Gasteiger partial charge in [-0.05, 0) is 6.92 Å². The van der Waals surface area contributed by atoms with Gasteiger partial charge in [-0.15, -0.1) is 35.3 Å². The van der Waals surface area contributed by atoms with Gasteiger partial charge in [-0.25, -0.2) is 13.4 Å². The van der Waals surface area contributed by atoms with Crippen LogP contribution in [0.4, 0.5) is 0 Å². The Labute approximate surface area is 158 Å². The van der Waals surface area contributed by atoms with Crippen molar-refractivity contribution in [1.29, 1.82) is 0 Å². The molecule has 0 spiro atoms. The summed E-state index contributed by atoms with van der Waals surface area (Å²) in [4.78, 5) is 11.8. The Hall–Kier alpha value is -0.460. The van der Waals surface area contributed by atoms with E-state index in [1.807, 2.05) is 13.1 Å². The zero-order valence-electron chi connectivity index (χ0n) is 13.4. The smallest absolute Gasteiger partial charge is 0.191 e. The first-order chi connectivity index (χ1) is 10.5. The van der Waals surface area contributed by atoms with E-state index in [1.165, 1.54) is 4.88 Å². The van der Waals surface area contributed by atoms with Gasteiger partial charge in [0.2, 0.25) is 0 Å². The van der Waals surface area contributed by atoms with Crippen molar-refractivity contribution < 1.29 is 8.42 Å². The Morgan fingerprint density at radius 1 is 1.39 bits per heavy atom. The lowest BCUT2D eigenvalue weighted by molar-refractivity contribution is 0.299. The minimum atomic E-state index is -2.80. The maximum Gasteiger partial charge on any atom is 0.191 e. The normalized spacial score (nSPS) is 18.3. The molecule has 10 heteroatoms. The van der Waals surface area contributed by atoms with E-state index in [1.54, 1.807) is 18.4 Å². The predicted molar refractivity (Wildman–Crippen MR) is 106 cm³/mol. The molecule has 2 heterocycles. The van der Waals surface area contributed by atoms with Gasteiger partial charge in [0, 0.05) is 44.3 Å². The second-order valence-electron chi connectivity index (χ2n) is 5.21. The van der Waals surface area contributed by atoms with E-state index < -0.39 is 9.84 Å². The Morgan fingerprint density at radius 3 is 2.65 bits per heavy atom. The Kier molecular flexibility index (Phi) is 8.72. The molecule has 7 nitrogen and oxygen atoms in total. The summed E-state index contributed by atoms with van der Waals surface area (Å²) in [5.74, 6) is 1.27. The molecule has 0 aromatic carbocycles. The van der Waals surface area contributed by atoms with Gasteiger partial charge in [0.15, 0.2) is 15.8 Å². The summed E-state index contributed by atoms with van der Waals surface area (Å²) < 4.78 is 22.7. The van der Waals surface area contributed by atoms with Gasteiger partial charge in [-0.2, -0.15) is 0 Å². The summed E-state index contributed by atoms with van der Waals surface area (Å²) in [6.07, 6.45) is 1.86. The number of nitrogens with one attached hydrogen (secondary N) is 2. The van der Waals surface area contributed by atoms with Crippen LogP contribution in [0.3, 0.4) is 0 Å². The third-order valence-electron chi connectivity index (χ3n) is 3.46. The van der Waals surface area contributed by atoms with E-state index in [-0.39, 0.29) is 35.5 Å². The van der Waals surface area contributed by atoms with Crippen LogP contribution in [0.15, 0.2) is 11.2 Å². The summed E-state index contributed by atoms with van der Waals surface area (Å²) >= 11 is 1.67. The summed E-state index contributed by atoms with van der Waals surface area (Å²) in [6, 6.07) is 0. The molecule has 0 unspecified atom stereocenters. The number of hydrogen-bond donors (Lipinski definition) is 2. The maximum atomic E-state index is 11.4. The lowest BCUT2D eigenvalue weighted by Crippen LogP contribution is -2.45. The van der Waals surface area contributed by atoms with Crippen LogP contribution in [-0.2, 0) is 16.4 Å². The second-order valence-corrected chi connectivity index (χ2v) is 8.83. The minimum Gasteiger partial charge on any atom is -0.355 e. The van der Waals surface area contributed by atoms with Crippen molar-refractivity contribution in [1.82, 2.24) is 20.5 Å². The molecule has 1 aliphatic rings. The highest BCUT2D eigenvalue weighted by Gasteiger charge is 2.20. The summed E-state index contributed by atoms with van der Waals surface area (Å²) in [5.41, 5.74) is 0. The monoisotopic (exact) mass is 473 g/mol. The molecule has 0 radical (unpaired) electrons. The third kappa shape index (κ3) is 7.31. The fraction of sp³-hybridized carbons (Fsp3) is 0.692. The van der Waals surface area contributed by atoms with E-state index in [2.05, 4.69) is 25.5 Å². The summed E-state index contributed by atoms with van der Waals surface area (Å²) in [6.45, 7) is 5.47. The number of aryl methyl sites for hydroxylation is 1. The SMILES string of the molecule is CN=C(NCCN1CCS(=O)(=O)CC1)NCc1ncc(C)s1.I. The molecule has 1 aromatic rings. The number of sulfone groups is 1. The van der Waals surface area contributed by atoms with Crippen LogP contribution in [0.5, 0.6) is 0 Å². The molecule has 2 rings (SSSR count). The molecule has 2 N–H and O–H groups in total. The molecule has 0 aliphatic carbocycles. The zero-order chi connectivity index (χ0) is 16.0. The first-order valence-corrected chi connectivity index (χ1v) is 9.91. The van der Waals surface area contributed by atoms with Crippen LogP contribution in [0, 0.1) is 6.92 Å². The van der Waals surface area contributed by atoms with Crippen LogP contribution in [0.25, 0.3) is 0 Å². The van der Waals surface area contributed by atoms with E-state index in [0.29, 0.717) is 19.6 Å². The van der Waals surface area contributed by atoms with Crippen molar-refractivity contribution in [3.63, 3.8) is 0 Å². The van der Waals surface area contributed by atoms with Gasteiger partial charge in [0.1, 0.15) is 5.01 Å². The first kappa shape index (κ1) is 20.6. The van der Waals surface area contributed by atoms with E-state index in [4.69, 9.17) is 0 Å². The number of aliphatic imine (C=N–C) groups is 1. The maximum absolute atomic E-state index is 11.4. The largest absolute Gasteiger partial charge is 0.355 e. The van der Waals surface area contributed by atoms with Gasteiger partial charge in [-0.1, -0.05) is 0 Å². The molecule has 23 heavy (non-hydrogen) atoms. The Morgan fingerprint density at radius 2 is 2.09 bits per heavy atom. The molecule has 0 atom stereocenters. The zero-order valence-corrected chi connectivity index (χ0v) is 17.4. The topological polar surface area (TPSA) is 86.7 Å². The van der Waals surface area contributed by atoms with Gasteiger partial charge in [0.05, 0.1) is 18.1 Å². The number of hydrogen-bond acceptors (Lipinski definition) is 6. The number of nitrogens with zero attached hydrogens (tertiary/aromatic N) is 3. The van der Waals surface area contributed by atoms with Crippen molar-refractivity contribution in [2.45, 2.75) is 13.5 Å². The second kappa shape index (κ2) is 9.74. The number of rotatable bonds is 5. The third-order valence-corrected chi connectivity index (χ3v) is 5.98. The van der Waals surface area contributed by atoms with Crippen molar-refractivity contribution in [2.75, 3.05) is 44.7 Å². The molecule has 0 bridgehead atoms.